The fourth-order valence-corrected chi connectivity index (χ4v) is 5.90. The van der Waals surface area contributed by atoms with Gasteiger partial charge < -0.3 is 0 Å². The molecule has 0 aromatic heterocycles. The molecule has 4 atom stereocenters. The second-order valence-corrected chi connectivity index (χ2v) is 7.83. The average molecular weight is 272 g/mol. The highest BCUT2D eigenvalue weighted by Crippen LogP contribution is 2.60. The predicted octanol–water partition coefficient (Wildman–Crippen LogP) is 3.84. The highest BCUT2D eigenvalue weighted by Gasteiger charge is 2.51. The molecular formula is C18H24O2. The molecule has 0 spiro atoms. The van der Waals surface area contributed by atoms with Crippen LogP contribution in [-0.2, 0) is 9.59 Å². The van der Waals surface area contributed by atoms with Gasteiger partial charge in [-0.1, -0.05) is 24.5 Å². The number of hydrogen-bond donors (Lipinski definition) is 0. The summed E-state index contributed by atoms with van der Waals surface area (Å²) in [6.07, 6.45) is 10.0. The fraction of sp³-hybridized carbons (Fsp3) is 0.778. The monoisotopic (exact) mass is 272 g/mol. The van der Waals surface area contributed by atoms with Gasteiger partial charge in [-0.3, -0.25) is 9.59 Å². The van der Waals surface area contributed by atoms with Gasteiger partial charge in [-0.25, -0.2) is 0 Å². The van der Waals surface area contributed by atoms with Gasteiger partial charge in [0.1, 0.15) is 0 Å². The Morgan fingerprint density at radius 3 is 2.65 bits per heavy atom. The first-order valence-electron chi connectivity index (χ1n) is 8.35. The first-order valence-corrected chi connectivity index (χ1v) is 8.35. The maximum Gasteiger partial charge on any atom is 0.202 e. The van der Waals surface area contributed by atoms with Gasteiger partial charge in [0.05, 0.1) is 0 Å². The van der Waals surface area contributed by atoms with E-state index < -0.39 is 0 Å². The topological polar surface area (TPSA) is 34.1 Å². The molecule has 2 heteroatoms. The summed E-state index contributed by atoms with van der Waals surface area (Å²) >= 11 is 0. The van der Waals surface area contributed by atoms with Gasteiger partial charge in [0, 0.05) is 12.8 Å². The lowest BCUT2D eigenvalue weighted by Crippen LogP contribution is -2.42. The van der Waals surface area contributed by atoms with Gasteiger partial charge in [0.15, 0.2) is 0 Å². The van der Waals surface area contributed by atoms with Crippen LogP contribution in [0.5, 0.6) is 0 Å². The molecule has 0 heterocycles. The Kier molecular flexibility index (Phi) is 2.74. The zero-order valence-corrected chi connectivity index (χ0v) is 12.4. The molecule has 2 nitrogen and oxygen atoms in total. The van der Waals surface area contributed by atoms with Gasteiger partial charge in [-0.15, -0.1) is 0 Å². The molecule has 4 aliphatic rings. The van der Waals surface area contributed by atoms with Gasteiger partial charge in [-0.2, -0.15) is 0 Å². The minimum Gasteiger partial charge on any atom is -0.291 e. The Labute approximate surface area is 121 Å². The maximum absolute atomic E-state index is 11.8. The number of carbonyl (C=O) groups is 2. The summed E-state index contributed by atoms with van der Waals surface area (Å²) in [6, 6.07) is 0. The SMILES string of the molecule is C[C@@]12CCC[C@H]1[C@@H]1CCC3=C(CC(=O)C(=O)C3)[C@H]1CC2. The van der Waals surface area contributed by atoms with Crippen LogP contribution in [0, 0.1) is 23.2 Å². The smallest absolute Gasteiger partial charge is 0.202 e. The Bertz CT molecular complexity index is 516. The number of allylic oxidation sites excluding steroid dienone is 2. The van der Waals surface area contributed by atoms with E-state index in [1.807, 2.05) is 0 Å². The molecule has 2 fully saturated rings. The van der Waals surface area contributed by atoms with E-state index in [2.05, 4.69) is 6.92 Å². The van der Waals surface area contributed by atoms with E-state index in [0.29, 0.717) is 24.2 Å². The molecular weight excluding hydrogens is 248 g/mol. The second-order valence-electron chi connectivity index (χ2n) is 7.83. The number of ketones is 2. The number of carbonyl (C=O) groups excluding carboxylic acids is 2. The molecule has 0 bridgehead atoms. The van der Waals surface area contributed by atoms with Gasteiger partial charge in [-0.05, 0) is 61.7 Å². The lowest BCUT2D eigenvalue weighted by atomic mass is 9.54. The first-order chi connectivity index (χ1) is 9.58. The third kappa shape index (κ3) is 1.69. The zero-order chi connectivity index (χ0) is 13.9. The molecule has 0 aromatic carbocycles. The third-order valence-electron chi connectivity index (χ3n) is 6.94. The molecule has 4 rings (SSSR count). The molecule has 0 aromatic rings. The largest absolute Gasteiger partial charge is 0.291 e. The van der Waals surface area contributed by atoms with Crippen molar-refractivity contribution < 1.29 is 9.59 Å². The number of rotatable bonds is 0. The first kappa shape index (κ1) is 12.8. The Hall–Kier alpha value is -0.920. The number of fused-ring (bicyclic) bond motifs is 4. The quantitative estimate of drug-likeness (QED) is 0.496. The summed E-state index contributed by atoms with van der Waals surface area (Å²) in [5, 5.41) is 0. The molecule has 0 saturated heterocycles. The lowest BCUT2D eigenvalue weighted by Gasteiger charge is -2.50. The molecule has 0 unspecified atom stereocenters. The molecule has 0 aliphatic heterocycles. The average Bonchev–Trinajstić information content (AvgIpc) is 2.82. The van der Waals surface area contributed by atoms with Crippen molar-refractivity contribution in [3.8, 4) is 0 Å². The molecule has 0 radical (unpaired) electrons. The Balaban J connectivity index is 1.67. The van der Waals surface area contributed by atoms with Crippen LogP contribution in [0.4, 0.5) is 0 Å². The zero-order valence-electron chi connectivity index (χ0n) is 12.4. The van der Waals surface area contributed by atoms with Crippen LogP contribution in [0.3, 0.4) is 0 Å². The van der Waals surface area contributed by atoms with Crippen LogP contribution in [0.15, 0.2) is 11.1 Å². The summed E-state index contributed by atoms with van der Waals surface area (Å²) in [5.41, 5.74) is 3.32. The van der Waals surface area contributed by atoms with E-state index in [4.69, 9.17) is 0 Å². The minimum absolute atomic E-state index is 0.121. The molecule has 2 saturated carbocycles. The summed E-state index contributed by atoms with van der Waals surface area (Å²) in [5.74, 6) is 2.05. The van der Waals surface area contributed by atoms with Crippen LogP contribution in [0.2, 0.25) is 0 Å². The van der Waals surface area contributed by atoms with E-state index >= 15 is 0 Å². The van der Waals surface area contributed by atoms with Crippen molar-refractivity contribution in [2.24, 2.45) is 23.2 Å². The lowest BCUT2D eigenvalue weighted by molar-refractivity contribution is -0.136. The molecule has 0 N–H and O–H groups in total. The second kappa shape index (κ2) is 4.29. The summed E-state index contributed by atoms with van der Waals surface area (Å²) in [4.78, 5) is 23.5. The van der Waals surface area contributed by atoms with Crippen molar-refractivity contribution in [1.82, 2.24) is 0 Å². The van der Waals surface area contributed by atoms with E-state index in [9.17, 15) is 9.59 Å². The summed E-state index contributed by atoms with van der Waals surface area (Å²) in [7, 11) is 0. The highest BCUT2D eigenvalue weighted by molar-refractivity contribution is 6.39. The number of Topliss-reactive ketones (excluding diaryl/α,β-unsaturated/α-hetero) is 2. The van der Waals surface area contributed by atoms with Crippen molar-refractivity contribution in [3.63, 3.8) is 0 Å². The Morgan fingerprint density at radius 2 is 1.80 bits per heavy atom. The van der Waals surface area contributed by atoms with Crippen LogP contribution in [0.25, 0.3) is 0 Å². The normalized spacial score (nSPS) is 44.1. The van der Waals surface area contributed by atoms with Crippen molar-refractivity contribution in [1.29, 1.82) is 0 Å². The minimum atomic E-state index is -0.135. The van der Waals surface area contributed by atoms with Crippen molar-refractivity contribution in [2.75, 3.05) is 0 Å². The third-order valence-corrected chi connectivity index (χ3v) is 6.94. The van der Waals surface area contributed by atoms with Crippen LogP contribution >= 0.6 is 0 Å². The van der Waals surface area contributed by atoms with Crippen LogP contribution in [0.1, 0.15) is 64.7 Å². The number of hydrogen-bond acceptors (Lipinski definition) is 2. The van der Waals surface area contributed by atoms with Crippen molar-refractivity contribution in [3.05, 3.63) is 11.1 Å². The van der Waals surface area contributed by atoms with E-state index in [1.54, 1.807) is 0 Å². The van der Waals surface area contributed by atoms with Gasteiger partial charge in [0.2, 0.25) is 11.6 Å². The predicted molar refractivity (Wildman–Crippen MR) is 77.2 cm³/mol. The van der Waals surface area contributed by atoms with Crippen LogP contribution < -0.4 is 0 Å². The maximum atomic E-state index is 11.8. The van der Waals surface area contributed by atoms with Crippen LogP contribution in [-0.4, -0.2) is 11.6 Å². The standard InChI is InChI=1S/C18H24O2/c1-18-7-2-3-15(18)13-5-4-11-9-16(19)17(20)10-14(11)12(13)6-8-18/h12-13,15H,2-10H2,1H3/t12-,13+,15-,18-/m0/s1. The highest BCUT2D eigenvalue weighted by atomic mass is 16.2. The Morgan fingerprint density at radius 1 is 1.00 bits per heavy atom. The molecule has 4 aliphatic carbocycles. The summed E-state index contributed by atoms with van der Waals surface area (Å²) in [6.45, 7) is 2.50. The van der Waals surface area contributed by atoms with E-state index in [-0.39, 0.29) is 11.6 Å². The van der Waals surface area contributed by atoms with Gasteiger partial charge >= 0.3 is 0 Å². The van der Waals surface area contributed by atoms with E-state index in [0.717, 1.165) is 18.3 Å². The molecule has 108 valence electrons. The molecule has 0 amide bonds. The van der Waals surface area contributed by atoms with Gasteiger partial charge in [0.25, 0.3) is 0 Å². The summed E-state index contributed by atoms with van der Waals surface area (Å²) < 4.78 is 0. The van der Waals surface area contributed by atoms with Crippen molar-refractivity contribution >= 4 is 11.6 Å². The van der Waals surface area contributed by atoms with Crippen molar-refractivity contribution in [2.45, 2.75) is 64.7 Å². The van der Waals surface area contributed by atoms with E-state index in [1.165, 1.54) is 49.7 Å². The molecule has 20 heavy (non-hydrogen) atoms. The fourth-order valence-electron chi connectivity index (χ4n) is 5.90.